The molecule has 0 radical (unpaired) electrons. The van der Waals surface area contributed by atoms with Crippen LogP contribution < -0.4 is 10.2 Å². The van der Waals surface area contributed by atoms with Crippen molar-refractivity contribution in [3.8, 4) is 17.5 Å². The van der Waals surface area contributed by atoms with E-state index in [0.29, 0.717) is 34.4 Å². The third-order valence-electron chi connectivity index (χ3n) is 7.45. The van der Waals surface area contributed by atoms with Crippen molar-refractivity contribution in [1.29, 1.82) is 5.26 Å². The topological polar surface area (TPSA) is 104 Å². The van der Waals surface area contributed by atoms with Crippen molar-refractivity contribution in [3.63, 3.8) is 0 Å². The number of piperidine rings is 1. The van der Waals surface area contributed by atoms with E-state index in [1.165, 1.54) is 12.8 Å². The smallest absolute Gasteiger partial charge is 0.192 e. The van der Waals surface area contributed by atoms with Gasteiger partial charge in [0.05, 0.1) is 11.8 Å². The van der Waals surface area contributed by atoms with Crippen LogP contribution in [0.4, 0.5) is 5.13 Å². The maximum absolute atomic E-state index is 9.58. The Morgan fingerprint density at radius 2 is 1.94 bits per heavy atom. The van der Waals surface area contributed by atoms with Gasteiger partial charge in [-0.2, -0.15) is 5.26 Å². The minimum Gasteiger partial charge on any atom is -0.441 e. The fourth-order valence-electron chi connectivity index (χ4n) is 6.10. The summed E-state index contributed by atoms with van der Waals surface area (Å²) in [6.45, 7) is 8.64. The molecule has 2 fully saturated rings. The van der Waals surface area contributed by atoms with Gasteiger partial charge in [-0.3, -0.25) is 0 Å². The van der Waals surface area contributed by atoms with E-state index >= 15 is 0 Å². The monoisotopic (exact) mass is 459 g/mol. The second-order valence-corrected chi connectivity index (χ2v) is 11.0. The average molecular weight is 460 g/mol. The lowest BCUT2D eigenvalue weighted by molar-refractivity contribution is 0.143. The Labute approximate surface area is 195 Å². The summed E-state index contributed by atoms with van der Waals surface area (Å²) in [4.78, 5) is 21.8. The molecule has 1 saturated heterocycles. The molecule has 4 heterocycles. The van der Waals surface area contributed by atoms with E-state index in [4.69, 9.17) is 14.4 Å². The Morgan fingerprint density at radius 1 is 1.18 bits per heavy atom. The summed E-state index contributed by atoms with van der Waals surface area (Å²) in [7, 11) is 2.17. The molecule has 1 aliphatic heterocycles. The molecule has 0 amide bonds. The van der Waals surface area contributed by atoms with Gasteiger partial charge in [0.2, 0.25) is 0 Å². The molecule has 1 N–H and O–H groups in total. The number of rotatable bonds is 3. The highest BCUT2D eigenvalue weighted by molar-refractivity contribution is 7.21. The number of nitriles is 1. The molecule has 1 aliphatic carbocycles. The van der Waals surface area contributed by atoms with Gasteiger partial charge >= 0.3 is 0 Å². The number of thiazole rings is 1. The van der Waals surface area contributed by atoms with Crippen LogP contribution >= 0.6 is 11.3 Å². The van der Waals surface area contributed by atoms with Crippen LogP contribution in [0.15, 0.2) is 22.7 Å². The van der Waals surface area contributed by atoms with Gasteiger partial charge in [-0.05, 0) is 25.0 Å². The number of fused-ring (bicyclic) bond motifs is 4. The molecule has 168 valence electrons. The second-order valence-electron chi connectivity index (χ2n) is 10.0. The first-order valence-corrected chi connectivity index (χ1v) is 12.0. The summed E-state index contributed by atoms with van der Waals surface area (Å²) in [5.74, 6) is 1.08. The zero-order chi connectivity index (χ0) is 23.0. The van der Waals surface area contributed by atoms with E-state index in [9.17, 15) is 5.26 Å². The molecule has 1 saturated carbocycles. The highest BCUT2D eigenvalue weighted by Gasteiger charge is 2.56. The van der Waals surface area contributed by atoms with Crippen LogP contribution in [0, 0.1) is 29.1 Å². The van der Waals surface area contributed by atoms with Gasteiger partial charge in [-0.1, -0.05) is 25.2 Å². The first-order valence-electron chi connectivity index (χ1n) is 11.2. The lowest BCUT2D eigenvalue weighted by atomic mass is 9.72. The number of anilines is 1. The molecule has 2 bridgehead atoms. The van der Waals surface area contributed by atoms with E-state index < -0.39 is 0 Å². The van der Waals surface area contributed by atoms with Gasteiger partial charge in [0.25, 0.3) is 0 Å². The third-order valence-corrected chi connectivity index (χ3v) is 8.51. The van der Waals surface area contributed by atoms with Gasteiger partial charge in [0.15, 0.2) is 22.4 Å². The minimum absolute atomic E-state index is 0.231. The molecule has 0 spiro atoms. The number of hydrogen-bond donors (Lipinski definition) is 1. The Hall–Kier alpha value is -3.09. The largest absolute Gasteiger partial charge is 0.441 e. The summed E-state index contributed by atoms with van der Waals surface area (Å²) in [6, 6.07) is 6.25. The molecule has 3 aromatic heterocycles. The van der Waals surface area contributed by atoms with E-state index in [1.54, 1.807) is 30.5 Å². The van der Waals surface area contributed by atoms with Gasteiger partial charge in [0.1, 0.15) is 21.9 Å². The highest BCUT2D eigenvalue weighted by Crippen LogP contribution is 2.54. The number of aryl methyl sites for hydroxylation is 1. The fraction of sp³-hybridized carbons (Fsp3) is 0.458. The molecule has 8 nitrogen and oxygen atoms in total. The molecule has 4 aromatic rings. The van der Waals surface area contributed by atoms with Crippen LogP contribution in [0.3, 0.4) is 0 Å². The van der Waals surface area contributed by atoms with E-state index in [2.05, 4.69) is 47.1 Å². The van der Waals surface area contributed by atoms with Crippen LogP contribution in [0.25, 0.3) is 32.8 Å². The molecule has 6 rings (SSSR count). The fourth-order valence-corrected chi connectivity index (χ4v) is 7.00. The predicted molar refractivity (Wildman–Crippen MR) is 128 cm³/mol. The molecule has 1 aromatic carbocycles. The lowest BCUT2D eigenvalue weighted by Crippen LogP contribution is -2.60. The van der Waals surface area contributed by atoms with Crippen molar-refractivity contribution in [2.45, 2.75) is 39.7 Å². The molecular weight excluding hydrogens is 434 g/mol. The summed E-state index contributed by atoms with van der Waals surface area (Å²) >= 11 is 1.60. The van der Waals surface area contributed by atoms with Crippen LogP contribution in [-0.2, 0) is 0 Å². The van der Waals surface area contributed by atoms with Crippen molar-refractivity contribution in [2.24, 2.45) is 10.8 Å². The summed E-state index contributed by atoms with van der Waals surface area (Å²) in [5, 5.41) is 14.2. The molecule has 2 aliphatic rings. The molecule has 33 heavy (non-hydrogen) atoms. The van der Waals surface area contributed by atoms with Gasteiger partial charge in [-0.15, -0.1) is 0 Å². The third kappa shape index (κ3) is 3.05. The van der Waals surface area contributed by atoms with Crippen LogP contribution in [0.5, 0.6) is 0 Å². The Bertz CT molecular complexity index is 1430. The standard InChI is InChI=1S/C24H25N7OS/c1-13-28-18-15(9-25)7-14(8-17(18)32-13)19-27-10-16-20(30-19)33-22(29-16)31(4)21-23(2)5-6-24(21,3)12-26-11-23/h7-8,10,21,26H,5-6,11-12H2,1-4H3/t21?,23-,24?/m1/s1. The number of nitrogens with zero attached hydrogens (tertiary/aromatic N) is 6. The number of hydrogen-bond acceptors (Lipinski definition) is 9. The molecule has 2 unspecified atom stereocenters. The molecule has 9 heteroatoms. The molecular formula is C24H25N7OS. The quantitative estimate of drug-likeness (QED) is 0.484. The second kappa shape index (κ2) is 6.95. The Balaban J connectivity index is 1.39. The van der Waals surface area contributed by atoms with E-state index in [-0.39, 0.29) is 10.8 Å². The molecule has 3 atom stereocenters. The number of aromatic nitrogens is 4. The first kappa shape index (κ1) is 20.5. The number of nitrogens with one attached hydrogen (secondary N) is 1. The first-order chi connectivity index (χ1) is 15.8. The normalized spacial score (nSPS) is 26.7. The zero-order valence-electron chi connectivity index (χ0n) is 19.1. The summed E-state index contributed by atoms with van der Waals surface area (Å²) in [6.07, 6.45) is 4.23. The number of oxazole rings is 1. The van der Waals surface area contributed by atoms with Crippen molar-refractivity contribution in [3.05, 3.63) is 29.8 Å². The number of benzene rings is 1. The van der Waals surface area contributed by atoms with Gasteiger partial charge in [0, 0.05) is 49.5 Å². The minimum atomic E-state index is 0.231. The SMILES string of the molecule is Cc1nc2c(C#N)cc(-c3ncc4nc(N(C)C5C6(C)CC[C@]5(C)CNC6)sc4n3)cc2o1. The highest BCUT2D eigenvalue weighted by atomic mass is 32.1. The predicted octanol–water partition coefficient (Wildman–Crippen LogP) is 4.29. The zero-order valence-corrected chi connectivity index (χ0v) is 20.0. The Morgan fingerprint density at radius 3 is 2.67 bits per heavy atom. The van der Waals surface area contributed by atoms with Crippen molar-refractivity contribution in [2.75, 3.05) is 25.0 Å². The average Bonchev–Trinajstić information content (AvgIpc) is 3.42. The summed E-state index contributed by atoms with van der Waals surface area (Å²) in [5.41, 5.74) is 3.58. The lowest BCUT2D eigenvalue weighted by Gasteiger charge is -2.49. The van der Waals surface area contributed by atoms with Crippen LogP contribution in [0.2, 0.25) is 0 Å². The van der Waals surface area contributed by atoms with Crippen LogP contribution in [-0.4, -0.2) is 46.1 Å². The van der Waals surface area contributed by atoms with Crippen molar-refractivity contribution < 1.29 is 4.42 Å². The maximum atomic E-state index is 9.58. The van der Waals surface area contributed by atoms with Gasteiger partial charge < -0.3 is 14.6 Å². The van der Waals surface area contributed by atoms with E-state index in [1.807, 2.05) is 6.07 Å². The van der Waals surface area contributed by atoms with E-state index in [0.717, 1.165) is 34.1 Å². The summed E-state index contributed by atoms with van der Waals surface area (Å²) < 4.78 is 5.67. The Kier molecular flexibility index (Phi) is 4.32. The maximum Gasteiger partial charge on any atom is 0.192 e. The van der Waals surface area contributed by atoms with Crippen LogP contribution in [0.1, 0.15) is 38.1 Å². The van der Waals surface area contributed by atoms with Gasteiger partial charge in [-0.25, -0.2) is 19.9 Å². The van der Waals surface area contributed by atoms with Crippen molar-refractivity contribution in [1.82, 2.24) is 25.3 Å². The van der Waals surface area contributed by atoms with Crippen molar-refractivity contribution >= 4 is 37.9 Å².